The minimum atomic E-state index is -0.157. The first-order valence-corrected chi connectivity index (χ1v) is 23.6. The Labute approximate surface area is 394 Å². The van der Waals surface area contributed by atoms with Crippen LogP contribution in [0.3, 0.4) is 0 Å². The average molecular weight is 869 g/mol. The zero-order chi connectivity index (χ0) is 45.1. The molecule has 68 heavy (non-hydrogen) atoms. The lowest BCUT2D eigenvalue weighted by Gasteiger charge is -2.28. The molecule has 0 aliphatic heterocycles. The molecule has 320 valence electrons. The van der Waals surface area contributed by atoms with Crippen molar-refractivity contribution in [2.45, 2.75) is 19.3 Å². The molecule has 0 atom stereocenters. The van der Waals surface area contributed by atoms with Crippen molar-refractivity contribution in [3.63, 3.8) is 0 Å². The monoisotopic (exact) mass is 868 g/mol. The number of hydrogen-bond donors (Lipinski definition) is 0. The van der Waals surface area contributed by atoms with Gasteiger partial charge < -0.3 is 13.9 Å². The summed E-state index contributed by atoms with van der Waals surface area (Å²) in [4.78, 5) is 2.45. The Morgan fingerprint density at radius 3 is 1.85 bits per heavy atom. The first kappa shape index (κ1) is 38.6. The van der Waals surface area contributed by atoms with Gasteiger partial charge in [0.05, 0.1) is 16.7 Å². The summed E-state index contributed by atoms with van der Waals surface area (Å²) in [5.74, 6) is 0. The maximum absolute atomic E-state index is 6.87. The van der Waals surface area contributed by atoms with Crippen molar-refractivity contribution in [2.75, 3.05) is 4.90 Å². The van der Waals surface area contributed by atoms with Crippen molar-refractivity contribution in [1.29, 1.82) is 0 Å². The summed E-state index contributed by atoms with van der Waals surface area (Å²) in [5.41, 5.74) is 18.3. The molecular weight excluding hydrogens is 825 g/mol. The van der Waals surface area contributed by atoms with Gasteiger partial charge in [-0.15, -0.1) is 0 Å². The second kappa shape index (κ2) is 14.7. The highest BCUT2D eigenvalue weighted by atomic mass is 16.3. The van der Waals surface area contributed by atoms with Gasteiger partial charge in [0.2, 0.25) is 0 Å². The fourth-order valence-electron chi connectivity index (χ4n) is 11.6. The van der Waals surface area contributed by atoms with Gasteiger partial charge in [0.25, 0.3) is 0 Å². The van der Waals surface area contributed by atoms with Crippen molar-refractivity contribution in [1.82, 2.24) is 4.57 Å². The summed E-state index contributed by atoms with van der Waals surface area (Å²) < 4.78 is 9.32. The van der Waals surface area contributed by atoms with Crippen LogP contribution in [-0.2, 0) is 5.41 Å². The van der Waals surface area contributed by atoms with E-state index in [0.29, 0.717) is 0 Å². The lowest BCUT2D eigenvalue weighted by atomic mass is 9.81. The SMILES string of the molecule is CC1(C)c2ccccc2-c2ccc(-c3c4c(cc5c3c3ccc(N(c6ccc(-c7ccccc7)cc6)c6cc7ccccc7c7ccccc67)cc3n5-c3ccccc3)oc3ccccc34)cc21. The molecule has 13 aromatic rings. The molecular formula is C65H44N2O. The Balaban J connectivity index is 1.08. The number of furan rings is 1. The Morgan fingerprint density at radius 2 is 1.03 bits per heavy atom. The molecule has 0 saturated heterocycles. The van der Waals surface area contributed by atoms with Crippen LogP contribution in [0.1, 0.15) is 25.0 Å². The molecule has 2 heterocycles. The standard InChI is InChI=1S/C65H44N2O/c1-65(2)55-27-15-13-24-50(55)51-35-31-44(37-56(51)65)62-63-53-36-34-47(39-58(53)67(45-20-7-4-8-21-45)59(63)40-61-64(62)54-26-14-16-28-60(54)68-61)66(46-32-29-42(30-33-46)41-17-5-3-6-18-41)57-38-43-19-9-10-22-48(43)49-23-11-12-25-52(49)57/h3-40H,1-2H3. The van der Waals surface area contributed by atoms with E-state index in [9.17, 15) is 0 Å². The second-order valence-electron chi connectivity index (χ2n) is 18.8. The van der Waals surface area contributed by atoms with Crippen LogP contribution in [0.25, 0.3) is 104 Å². The number of nitrogens with zero attached hydrogens (tertiary/aromatic N) is 2. The highest BCUT2D eigenvalue weighted by Crippen LogP contribution is 2.53. The van der Waals surface area contributed by atoms with Gasteiger partial charge in [0.1, 0.15) is 11.2 Å². The highest BCUT2D eigenvalue weighted by molar-refractivity contribution is 6.27. The predicted octanol–water partition coefficient (Wildman–Crippen LogP) is 18.1. The van der Waals surface area contributed by atoms with E-state index in [1.54, 1.807) is 0 Å². The van der Waals surface area contributed by atoms with E-state index in [0.717, 1.165) is 55.7 Å². The molecule has 0 saturated carbocycles. The molecule has 14 rings (SSSR count). The second-order valence-corrected chi connectivity index (χ2v) is 18.8. The molecule has 0 fully saturated rings. The fraction of sp³-hybridized carbons (Fsp3) is 0.0462. The van der Waals surface area contributed by atoms with E-state index >= 15 is 0 Å². The summed E-state index contributed by atoms with van der Waals surface area (Å²) in [6, 6.07) is 84.4. The van der Waals surface area contributed by atoms with Crippen molar-refractivity contribution in [3.8, 4) is 39.1 Å². The van der Waals surface area contributed by atoms with Crippen LogP contribution < -0.4 is 4.90 Å². The lowest BCUT2D eigenvalue weighted by molar-refractivity contribution is 0.660. The maximum Gasteiger partial charge on any atom is 0.138 e. The molecule has 2 aromatic heterocycles. The molecule has 0 N–H and O–H groups in total. The molecule has 0 unspecified atom stereocenters. The van der Waals surface area contributed by atoms with E-state index in [-0.39, 0.29) is 5.41 Å². The van der Waals surface area contributed by atoms with Crippen LogP contribution >= 0.6 is 0 Å². The first-order valence-electron chi connectivity index (χ1n) is 23.6. The van der Waals surface area contributed by atoms with Gasteiger partial charge in [-0.05, 0) is 110 Å². The van der Waals surface area contributed by atoms with Crippen molar-refractivity contribution < 1.29 is 4.42 Å². The molecule has 0 radical (unpaired) electrons. The molecule has 11 aromatic carbocycles. The number of aromatic nitrogens is 1. The summed E-state index contributed by atoms with van der Waals surface area (Å²) in [6.45, 7) is 4.74. The third kappa shape index (κ3) is 5.66. The van der Waals surface area contributed by atoms with E-state index in [1.807, 2.05) is 0 Å². The maximum atomic E-state index is 6.87. The van der Waals surface area contributed by atoms with E-state index in [2.05, 4.69) is 254 Å². The largest absolute Gasteiger partial charge is 0.456 e. The van der Waals surface area contributed by atoms with Crippen LogP contribution in [0.4, 0.5) is 17.1 Å². The van der Waals surface area contributed by atoms with Crippen LogP contribution in [0.5, 0.6) is 0 Å². The van der Waals surface area contributed by atoms with E-state index in [4.69, 9.17) is 4.42 Å². The molecule has 0 amide bonds. The average Bonchev–Trinajstić information content (AvgIpc) is 4.01. The number of hydrogen-bond acceptors (Lipinski definition) is 2. The Kier molecular flexibility index (Phi) is 8.33. The van der Waals surface area contributed by atoms with Gasteiger partial charge in [0, 0.05) is 61.0 Å². The van der Waals surface area contributed by atoms with Crippen LogP contribution in [-0.4, -0.2) is 4.57 Å². The summed E-state index contributed by atoms with van der Waals surface area (Å²) in [5, 5.41) is 9.51. The minimum Gasteiger partial charge on any atom is -0.456 e. The molecule has 0 bridgehead atoms. The zero-order valence-electron chi connectivity index (χ0n) is 37.7. The van der Waals surface area contributed by atoms with Crippen molar-refractivity contribution in [2.24, 2.45) is 0 Å². The van der Waals surface area contributed by atoms with Gasteiger partial charge in [0.15, 0.2) is 0 Å². The molecule has 1 aliphatic rings. The fourth-order valence-corrected chi connectivity index (χ4v) is 11.6. The van der Waals surface area contributed by atoms with E-state index in [1.165, 1.54) is 76.8 Å². The van der Waals surface area contributed by atoms with Crippen LogP contribution in [0.2, 0.25) is 0 Å². The first-order chi connectivity index (χ1) is 33.5. The number of rotatable bonds is 6. The number of anilines is 3. The summed E-state index contributed by atoms with van der Waals surface area (Å²) >= 11 is 0. The van der Waals surface area contributed by atoms with Crippen LogP contribution in [0.15, 0.2) is 235 Å². The van der Waals surface area contributed by atoms with E-state index < -0.39 is 0 Å². The quantitative estimate of drug-likeness (QED) is 0.155. The highest BCUT2D eigenvalue weighted by Gasteiger charge is 2.36. The smallest absolute Gasteiger partial charge is 0.138 e. The third-order valence-corrected chi connectivity index (χ3v) is 14.7. The third-order valence-electron chi connectivity index (χ3n) is 14.7. The number of fused-ring (bicyclic) bond motifs is 12. The number of para-hydroxylation sites is 2. The van der Waals surface area contributed by atoms with Crippen LogP contribution in [0, 0.1) is 0 Å². The van der Waals surface area contributed by atoms with Crippen molar-refractivity contribution >= 4 is 82.4 Å². The summed E-state index contributed by atoms with van der Waals surface area (Å²) in [6.07, 6.45) is 0. The molecule has 0 spiro atoms. The number of benzene rings is 11. The summed E-state index contributed by atoms with van der Waals surface area (Å²) in [7, 11) is 0. The van der Waals surface area contributed by atoms with Gasteiger partial charge in [-0.25, -0.2) is 0 Å². The molecule has 1 aliphatic carbocycles. The minimum absolute atomic E-state index is 0.157. The Bertz CT molecular complexity index is 4160. The topological polar surface area (TPSA) is 21.3 Å². The molecule has 3 nitrogen and oxygen atoms in total. The van der Waals surface area contributed by atoms with Gasteiger partial charge >= 0.3 is 0 Å². The zero-order valence-corrected chi connectivity index (χ0v) is 37.7. The predicted molar refractivity (Wildman–Crippen MR) is 286 cm³/mol. The van der Waals surface area contributed by atoms with Gasteiger partial charge in [-0.3, -0.25) is 0 Å². The lowest BCUT2D eigenvalue weighted by Crippen LogP contribution is -2.14. The molecule has 3 heteroatoms. The van der Waals surface area contributed by atoms with Crippen molar-refractivity contribution in [3.05, 3.63) is 242 Å². The van der Waals surface area contributed by atoms with Gasteiger partial charge in [-0.1, -0.05) is 184 Å². The normalized spacial score (nSPS) is 13.0. The Hall–Kier alpha value is -8.66. The van der Waals surface area contributed by atoms with Gasteiger partial charge in [-0.2, -0.15) is 0 Å². The Morgan fingerprint density at radius 1 is 0.397 bits per heavy atom.